The molecule has 0 radical (unpaired) electrons. The zero-order valence-electron chi connectivity index (χ0n) is 31.5. The zero-order valence-corrected chi connectivity index (χ0v) is 31.5. The summed E-state index contributed by atoms with van der Waals surface area (Å²) < 4.78 is 0. The molecule has 9 aromatic rings. The third kappa shape index (κ3) is 4.04. The van der Waals surface area contributed by atoms with E-state index in [1.54, 1.807) is 11.1 Å². The number of hydrogen-bond acceptors (Lipinski definition) is 0. The third-order valence-electron chi connectivity index (χ3n) is 15.0. The van der Waals surface area contributed by atoms with Gasteiger partial charge >= 0.3 is 0 Å². The molecule has 0 heterocycles. The van der Waals surface area contributed by atoms with Crippen LogP contribution in [0.5, 0.6) is 0 Å². The van der Waals surface area contributed by atoms with Crippen LogP contribution in [-0.2, 0) is 5.41 Å². The van der Waals surface area contributed by atoms with E-state index in [4.69, 9.17) is 0 Å². The van der Waals surface area contributed by atoms with E-state index < -0.39 is 0 Å². The maximum absolute atomic E-state index is 2.58. The first kappa shape index (κ1) is 31.2. The average molecular weight is 715 g/mol. The Balaban J connectivity index is 1.14. The first-order valence-corrected chi connectivity index (χ1v) is 20.9. The maximum Gasteiger partial charge on any atom is 0.0278 e. The molecule has 266 valence electrons. The average Bonchev–Trinajstić information content (AvgIpc) is 3.56. The van der Waals surface area contributed by atoms with Gasteiger partial charge in [0.05, 0.1) is 0 Å². The van der Waals surface area contributed by atoms with E-state index in [1.165, 1.54) is 120 Å². The fraction of sp³-hybridized carbons (Fsp3) is 0.179. The van der Waals surface area contributed by atoms with Crippen LogP contribution in [0.25, 0.3) is 87.6 Å². The number of benzene rings is 9. The molecule has 0 atom stereocenters. The van der Waals surface area contributed by atoms with E-state index in [1.807, 2.05) is 0 Å². The Labute approximate surface area is 328 Å². The van der Waals surface area contributed by atoms with Gasteiger partial charge < -0.3 is 0 Å². The van der Waals surface area contributed by atoms with Crippen LogP contribution < -0.4 is 0 Å². The summed E-state index contributed by atoms with van der Waals surface area (Å²) in [6.07, 6.45) is 6.96. The Morgan fingerprint density at radius 2 is 0.804 bits per heavy atom. The van der Waals surface area contributed by atoms with Crippen molar-refractivity contribution in [2.24, 2.45) is 23.7 Å². The molecule has 56 heavy (non-hydrogen) atoms. The highest BCUT2D eigenvalue weighted by atomic mass is 14.7. The molecule has 9 aromatic carbocycles. The molecule has 5 aliphatic carbocycles. The smallest absolute Gasteiger partial charge is 0.0278 e. The number of rotatable bonds is 3. The van der Waals surface area contributed by atoms with E-state index >= 15 is 0 Å². The molecule has 0 saturated heterocycles. The molecule has 4 saturated carbocycles. The lowest BCUT2D eigenvalue weighted by molar-refractivity contribution is -0.0396. The standard InChI is InChI=1S/C56H42/c1-2-13-36(14-3-1)40-26-27-48(43-18-7-6-17-42(40)43)52-44-19-8-10-21-46(44)53(47-22-11-9-20-45(47)52)49-23-12-24-50-54-41-16-5-4-15-37(41)25-28-51(54)56(55(49)50)38-30-34-29-35(32-38)33-39(56)31-34/h1-28,34-35,38-39H,29-33H2. The van der Waals surface area contributed by atoms with E-state index in [-0.39, 0.29) is 5.41 Å². The summed E-state index contributed by atoms with van der Waals surface area (Å²) in [5.41, 5.74) is 14.4. The second-order valence-corrected chi connectivity index (χ2v) is 17.5. The Morgan fingerprint density at radius 1 is 0.321 bits per heavy atom. The molecular weight excluding hydrogens is 673 g/mol. The summed E-state index contributed by atoms with van der Waals surface area (Å²) in [5.74, 6) is 3.17. The Kier molecular flexibility index (Phi) is 6.43. The first-order chi connectivity index (χ1) is 27.8. The monoisotopic (exact) mass is 714 g/mol. The highest BCUT2D eigenvalue weighted by molar-refractivity contribution is 6.25. The van der Waals surface area contributed by atoms with Crippen molar-refractivity contribution in [3.8, 4) is 44.5 Å². The van der Waals surface area contributed by atoms with Gasteiger partial charge in [-0.05, 0) is 155 Å². The minimum absolute atomic E-state index is 0.0447. The summed E-state index contributed by atoms with van der Waals surface area (Å²) in [6.45, 7) is 0. The molecule has 4 fully saturated rings. The van der Waals surface area contributed by atoms with Crippen molar-refractivity contribution in [2.45, 2.75) is 37.5 Å². The van der Waals surface area contributed by atoms with Crippen LogP contribution in [0, 0.1) is 23.7 Å². The van der Waals surface area contributed by atoms with Crippen LogP contribution >= 0.6 is 0 Å². The summed E-state index contributed by atoms with van der Waals surface area (Å²) in [5, 5.41) is 10.7. The normalized spacial score (nSPS) is 23.1. The molecule has 0 N–H and O–H groups in total. The van der Waals surface area contributed by atoms with Crippen molar-refractivity contribution in [2.75, 3.05) is 0 Å². The summed E-state index contributed by atoms with van der Waals surface area (Å²) in [4.78, 5) is 0. The van der Waals surface area contributed by atoms with Gasteiger partial charge in [-0.3, -0.25) is 0 Å². The first-order valence-electron chi connectivity index (χ1n) is 20.9. The summed E-state index contributed by atoms with van der Waals surface area (Å²) in [7, 11) is 0. The van der Waals surface area contributed by atoms with E-state index in [2.05, 4.69) is 170 Å². The fourth-order valence-corrected chi connectivity index (χ4v) is 13.3. The van der Waals surface area contributed by atoms with Gasteiger partial charge in [-0.1, -0.05) is 170 Å². The lowest BCUT2D eigenvalue weighted by Gasteiger charge is -2.61. The van der Waals surface area contributed by atoms with Gasteiger partial charge in [-0.15, -0.1) is 0 Å². The van der Waals surface area contributed by atoms with Crippen molar-refractivity contribution in [1.82, 2.24) is 0 Å². The molecule has 0 amide bonds. The Bertz CT molecular complexity index is 3010. The minimum Gasteiger partial charge on any atom is -0.0622 e. The van der Waals surface area contributed by atoms with Gasteiger partial charge in [0, 0.05) is 5.41 Å². The molecule has 0 heteroatoms. The predicted octanol–water partition coefficient (Wildman–Crippen LogP) is 15.0. The zero-order chi connectivity index (χ0) is 36.5. The second kappa shape index (κ2) is 11.5. The van der Waals surface area contributed by atoms with Gasteiger partial charge in [-0.25, -0.2) is 0 Å². The quantitative estimate of drug-likeness (QED) is 0.160. The maximum atomic E-state index is 2.58. The molecular formula is C56H42. The minimum atomic E-state index is 0.0447. The van der Waals surface area contributed by atoms with Crippen molar-refractivity contribution in [3.63, 3.8) is 0 Å². The summed E-state index contributed by atoms with van der Waals surface area (Å²) >= 11 is 0. The highest BCUT2D eigenvalue weighted by Crippen LogP contribution is 2.71. The Morgan fingerprint density at radius 3 is 1.43 bits per heavy atom. The van der Waals surface area contributed by atoms with Crippen molar-refractivity contribution in [1.29, 1.82) is 0 Å². The van der Waals surface area contributed by atoms with Crippen LogP contribution in [0.4, 0.5) is 0 Å². The van der Waals surface area contributed by atoms with Crippen molar-refractivity contribution >= 4 is 43.1 Å². The largest absolute Gasteiger partial charge is 0.0622 e. The van der Waals surface area contributed by atoms with Crippen LogP contribution in [0.3, 0.4) is 0 Å². The van der Waals surface area contributed by atoms with Crippen LogP contribution in [0.2, 0.25) is 0 Å². The molecule has 4 bridgehead atoms. The molecule has 0 nitrogen and oxygen atoms in total. The SMILES string of the molecule is c1ccc(-c2ccc(-c3c4ccccc4c(-c4cccc5c4C4(c6ccc7ccccc7c6-5)C5CC6CC(C5)CC4C6)c4ccccc34)c3ccccc23)cc1. The van der Waals surface area contributed by atoms with Gasteiger partial charge in [0.1, 0.15) is 0 Å². The van der Waals surface area contributed by atoms with Gasteiger partial charge in [-0.2, -0.15) is 0 Å². The molecule has 0 aromatic heterocycles. The molecule has 5 aliphatic rings. The van der Waals surface area contributed by atoms with Gasteiger partial charge in [0.2, 0.25) is 0 Å². The molecule has 14 rings (SSSR count). The van der Waals surface area contributed by atoms with Crippen LogP contribution in [0.1, 0.15) is 43.2 Å². The lowest BCUT2D eigenvalue weighted by atomic mass is 9.42. The van der Waals surface area contributed by atoms with Gasteiger partial charge in [0.15, 0.2) is 0 Å². The van der Waals surface area contributed by atoms with Crippen molar-refractivity contribution < 1.29 is 0 Å². The van der Waals surface area contributed by atoms with E-state index in [0.717, 1.165) is 11.8 Å². The predicted molar refractivity (Wildman–Crippen MR) is 236 cm³/mol. The number of hydrogen-bond donors (Lipinski definition) is 0. The highest BCUT2D eigenvalue weighted by Gasteiger charge is 2.62. The number of fused-ring (bicyclic) bond motifs is 8. The topological polar surface area (TPSA) is 0 Å². The molecule has 0 aliphatic heterocycles. The molecule has 1 spiro atoms. The van der Waals surface area contributed by atoms with Crippen LogP contribution in [0.15, 0.2) is 170 Å². The van der Waals surface area contributed by atoms with Crippen molar-refractivity contribution in [3.05, 3.63) is 181 Å². The fourth-order valence-electron chi connectivity index (χ4n) is 13.3. The lowest BCUT2D eigenvalue weighted by Crippen LogP contribution is -2.55. The molecule has 0 unspecified atom stereocenters. The van der Waals surface area contributed by atoms with Gasteiger partial charge in [0.25, 0.3) is 0 Å². The summed E-state index contributed by atoms with van der Waals surface area (Å²) in [6, 6.07) is 64.9. The van der Waals surface area contributed by atoms with Crippen LogP contribution in [-0.4, -0.2) is 0 Å². The second-order valence-electron chi connectivity index (χ2n) is 17.5. The van der Waals surface area contributed by atoms with E-state index in [9.17, 15) is 0 Å². The Hall–Kier alpha value is -5.98. The third-order valence-corrected chi connectivity index (χ3v) is 15.0. The van der Waals surface area contributed by atoms with E-state index in [0.29, 0.717) is 11.8 Å².